The van der Waals surface area contributed by atoms with E-state index < -0.39 is 0 Å². The second-order valence-corrected chi connectivity index (χ2v) is 4.04. The molecule has 4 heteroatoms. The number of aryl methyl sites for hydroxylation is 2. The third-order valence-corrected chi connectivity index (χ3v) is 2.80. The summed E-state index contributed by atoms with van der Waals surface area (Å²) in [5.74, 6) is 0. The van der Waals surface area contributed by atoms with Gasteiger partial charge in [0.1, 0.15) is 17.0 Å². The molecule has 0 aromatic carbocycles. The van der Waals surface area contributed by atoms with Crippen LogP contribution in [0.1, 0.15) is 11.3 Å². The first-order valence-corrected chi connectivity index (χ1v) is 5.48. The van der Waals surface area contributed by atoms with Crippen molar-refractivity contribution in [3.8, 4) is 11.4 Å². The van der Waals surface area contributed by atoms with Crippen molar-refractivity contribution in [1.82, 2.24) is 19.4 Å². The highest BCUT2D eigenvalue weighted by Crippen LogP contribution is 2.20. The molecule has 0 unspecified atom stereocenters. The molecule has 0 fully saturated rings. The van der Waals surface area contributed by atoms with Crippen LogP contribution in [0.25, 0.3) is 17.0 Å². The first kappa shape index (κ1) is 9.96. The summed E-state index contributed by atoms with van der Waals surface area (Å²) in [5, 5.41) is 0. The third-order valence-electron chi connectivity index (χ3n) is 2.80. The fourth-order valence-corrected chi connectivity index (χ4v) is 1.93. The molecule has 0 bridgehead atoms. The Hall–Kier alpha value is -2.23. The Morgan fingerprint density at radius 3 is 2.71 bits per heavy atom. The van der Waals surface area contributed by atoms with Crippen molar-refractivity contribution in [2.75, 3.05) is 0 Å². The summed E-state index contributed by atoms with van der Waals surface area (Å²) in [5.41, 5.74) is 4.72. The number of hydrogen-bond donors (Lipinski definition) is 0. The minimum absolute atomic E-state index is 0.843. The highest BCUT2D eigenvalue weighted by atomic mass is 15.0. The zero-order valence-corrected chi connectivity index (χ0v) is 9.75. The summed E-state index contributed by atoms with van der Waals surface area (Å²) in [6.45, 7) is 3.99. The predicted molar refractivity (Wildman–Crippen MR) is 65.7 cm³/mol. The van der Waals surface area contributed by atoms with E-state index in [0.29, 0.717) is 0 Å². The molecule has 0 atom stereocenters. The van der Waals surface area contributed by atoms with Gasteiger partial charge in [0.15, 0.2) is 0 Å². The van der Waals surface area contributed by atoms with Crippen molar-refractivity contribution in [3.63, 3.8) is 0 Å². The quantitative estimate of drug-likeness (QED) is 0.637. The smallest absolute Gasteiger partial charge is 0.140 e. The summed E-state index contributed by atoms with van der Waals surface area (Å²) in [7, 11) is 0. The van der Waals surface area contributed by atoms with Gasteiger partial charge in [-0.2, -0.15) is 0 Å². The topological polar surface area (TPSA) is 43.1 Å². The number of nitrogens with zero attached hydrogens (tertiary/aromatic N) is 4. The van der Waals surface area contributed by atoms with Crippen LogP contribution in [-0.4, -0.2) is 19.4 Å². The van der Waals surface area contributed by atoms with E-state index in [0.717, 1.165) is 28.3 Å². The van der Waals surface area contributed by atoms with Crippen molar-refractivity contribution in [1.29, 1.82) is 0 Å². The molecule has 17 heavy (non-hydrogen) atoms. The van der Waals surface area contributed by atoms with Gasteiger partial charge in [0.05, 0.1) is 5.69 Å². The lowest BCUT2D eigenvalue weighted by atomic mass is 10.2. The Labute approximate surface area is 99.0 Å². The third kappa shape index (κ3) is 1.58. The van der Waals surface area contributed by atoms with Crippen molar-refractivity contribution >= 4 is 5.65 Å². The molecule has 0 spiro atoms. The predicted octanol–water partition coefficient (Wildman–Crippen LogP) is 2.41. The van der Waals surface area contributed by atoms with E-state index in [9.17, 15) is 0 Å². The van der Waals surface area contributed by atoms with Crippen molar-refractivity contribution < 1.29 is 0 Å². The molecule has 0 aliphatic carbocycles. The molecular weight excluding hydrogens is 212 g/mol. The molecular formula is C13H12N4. The van der Waals surface area contributed by atoms with E-state index in [2.05, 4.69) is 27.9 Å². The number of imidazole rings is 1. The van der Waals surface area contributed by atoms with Crippen LogP contribution >= 0.6 is 0 Å². The summed E-state index contributed by atoms with van der Waals surface area (Å²) >= 11 is 0. The van der Waals surface area contributed by atoms with E-state index in [4.69, 9.17) is 0 Å². The van der Waals surface area contributed by atoms with Gasteiger partial charge in [0.25, 0.3) is 0 Å². The summed E-state index contributed by atoms with van der Waals surface area (Å²) < 4.78 is 2.01. The SMILES string of the molecule is Cc1nccnc1-c1cn2cccc(C)c2n1. The highest BCUT2D eigenvalue weighted by Gasteiger charge is 2.09. The molecule has 4 nitrogen and oxygen atoms in total. The van der Waals surface area contributed by atoms with Gasteiger partial charge in [0, 0.05) is 24.8 Å². The maximum atomic E-state index is 4.60. The second-order valence-electron chi connectivity index (χ2n) is 4.04. The first-order valence-electron chi connectivity index (χ1n) is 5.48. The molecule has 0 N–H and O–H groups in total. The van der Waals surface area contributed by atoms with Crippen LogP contribution in [0.5, 0.6) is 0 Å². The number of rotatable bonds is 1. The first-order chi connectivity index (χ1) is 8.25. The molecule has 84 valence electrons. The molecule has 0 saturated carbocycles. The molecule has 3 aromatic heterocycles. The molecule has 3 rings (SSSR count). The number of fused-ring (bicyclic) bond motifs is 1. The maximum absolute atomic E-state index is 4.60. The van der Waals surface area contributed by atoms with Gasteiger partial charge in [-0.25, -0.2) is 4.98 Å². The van der Waals surface area contributed by atoms with Gasteiger partial charge in [-0.1, -0.05) is 6.07 Å². The number of hydrogen-bond acceptors (Lipinski definition) is 3. The largest absolute Gasteiger partial charge is 0.306 e. The van der Waals surface area contributed by atoms with Crippen LogP contribution in [0, 0.1) is 13.8 Å². The van der Waals surface area contributed by atoms with Crippen molar-refractivity contribution in [2.45, 2.75) is 13.8 Å². The molecule has 0 aliphatic heterocycles. The Morgan fingerprint density at radius 1 is 1.12 bits per heavy atom. The zero-order chi connectivity index (χ0) is 11.8. The average Bonchev–Trinajstić information content (AvgIpc) is 2.75. The van der Waals surface area contributed by atoms with Gasteiger partial charge in [-0.15, -0.1) is 0 Å². The van der Waals surface area contributed by atoms with Crippen LogP contribution in [0.3, 0.4) is 0 Å². The number of pyridine rings is 1. The normalized spacial score (nSPS) is 10.9. The molecule has 0 aliphatic rings. The van der Waals surface area contributed by atoms with Gasteiger partial charge >= 0.3 is 0 Å². The molecule has 0 saturated heterocycles. The fourth-order valence-electron chi connectivity index (χ4n) is 1.93. The fraction of sp³-hybridized carbons (Fsp3) is 0.154. The second kappa shape index (κ2) is 3.66. The average molecular weight is 224 g/mol. The molecule has 3 aromatic rings. The standard InChI is InChI=1S/C13H12N4/c1-9-4-3-7-17-8-11(16-13(9)17)12-10(2)14-5-6-15-12/h3-8H,1-2H3. The summed E-state index contributed by atoms with van der Waals surface area (Å²) in [6.07, 6.45) is 7.36. The van der Waals surface area contributed by atoms with Crippen LogP contribution in [0.2, 0.25) is 0 Å². The zero-order valence-electron chi connectivity index (χ0n) is 9.75. The minimum Gasteiger partial charge on any atom is -0.306 e. The van der Waals surface area contributed by atoms with Gasteiger partial charge in [0.2, 0.25) is 0 Å². The monoisotopic (exact) mass is 224 g/mol. The van der Waals surface area contributed by atoms with Gasteiger partial charge < -0.3 is 4.40 Å². The summed E-state index contributed by atoms with van der Waals surface area (Å²) in [4.78, 5) is 13.2. The van der Waals surface area contributed by atoms with E-state index in [-0.39, 0.29) is 0 Å². The van der Waals surface area contributed by atoms with Gasteiger partial charge in [-0.05, 0) is 25.5 Å². The van der Waals surface area contributed by atoms with Crippen LogP contribution in [0.4, 0.5) is 0 Å². The summed E-state index contributed by atoms with van der Waals surface area (Å²) in [6, 6.07) is 4.06. The van der Waals surface area contributed by atoms with E-state index in [1.54, 1.807) is 12.4 Å². The molecule has 0 radical (unpaired) electrons. The van der Waals surface area contributed by atoms with Gasteiger partial charge in [-0.3, -0.25) is 9.97 Å². The number of aromatic nitrogens is 4. The van der Waals surface area contributed by atoms with Crippen molar-refractivity contribution in [3.05, 3.63) is 48.2 Å². The Bertz CT molecular complexity index is 685. The Balaban J connectivity index is 2.26. The lowest BCUT2D eigenvalue weighted by molar-refractivity contribution is 1.11. The minimum atomic E-state index is 0.843. The van der Waals surface area contributed by atoms with E-state index in [1.807, 2.05) is 29.8 Å². The Morgan fingerprint density at radius 2 is 1.94 bits per heavy atom. The molecule has 3 heterocycles. The Kier molecular flexibility index (Phi) is 2.14. The van der Waals surface area contributed by atoms with Crippen molar-refractivity contribution in [2.24, 2.45) is 0 Å². The molecule has 0 amide bonds. The van der Waals surface area contributed by atoms with Crippen LogP contribution in [-0.2, 0) is 0 Å². The lowest BCUT2D eigenvalue weighted by Gasteiger charge is -1.97. The highest BCUT2D eigenvalue weighted by molar-refractivity contribution is 5.62. The van der Waals surface area contributed by atoms with E-state index in [1.165, 1.54) is 0 Å². The maximum Gasteiger partial charge on any atom is 0.140 e. The van der Waals surface area contributed by atoms with Crippen LogP contribution in [0.15, 0.2) is 36.9 Å². The van der Waals surface area contributed by atoms with Crippen LogP contribution < -0.4 is 0 Å². The lowest BCUT2D eigenvalue weighted by Crippen LogP contribution is -1.90. The van der Waals surface area contributed by atoms with E-state index >= 15 is 0 Å².